The number of benzene rings is 1. The van der Waals surface area contributed by atoms with Crippen molar-refractivity contribution in [1.82, 2.24) is 0 Å². The van der Waals surface area contributed by atoms with Crippen molar-refractivity contribution in [3.8, 4) is 0 Å². The lowest BCUT2D eigenvalue weighted by atomic mass is 9.85. The number of hydrogen-bond acceptors (Lipinski definition) is 1. The fourth-order valence-electron chi connectivity index (χ4n) is 3.51. The van der Waals surface area contributed by atoms with Crippen LogP contribution in [0.2, 0.25) is 0 Å². The summed E-state index contributed by atoms with van der Waals surface area (Å²) >= 11 is 2.19. The topological polar surface area (TPSA) is 0 Å². The van der Waals surface area contributed by atoms with Crippen molar-refractivity contribution in [2.75, 3.05) is 0 Å². The number of thioether (sulfide) groups is 1. The fourth-order valence-corrected chi connectivity index (χ4v) is 5.30. The smallest absolute Gasteiger partial charge is 0.0276 e. The molecule has 0 bridgehead atoms. The summed E-state index contributed by atoms with van der Waals surface area (Å²) in [6, 6.07) is 9.10. The molecule has 1 aromatic carbocycles. The van der Waals surface area contributed by atoms with Crippen molar-refractivity contribution < 1.29 is 0 Å². The van der Waals surface area contributed by atoms with E-state index in [1.54, 1.807) is 10.5 Å². The van der Waals surface area contributed by atoms with Crippen LogP contribution in [-0.2, 0) is 0 Å². The largest absolute Gasteiger partial charge is 0.118 e. The van der Waals surface area contributed by atoms with Gasteiger partial charge in [0.25, 0.3) is 0 Å². The van der Waals surface area contributed by atoms with E-state index >= 15 is 0 Å². The minimum absolute atomic E-state index is 0.583. The molecule has 2 aliphatic rings. The second-order valence-corrected chi connectivity index (χ2v) is 6.71. The second-order valence-electron chi connectivity index (χ2n) is 5.25. The number of unbranched alkanes of at least 4 members (excludes halogenated alkanes) is 1. The van der Waals surface area contributed by atoms with Gasteiger partial charge >= 0.3 is 0 Å². The SMILES string of the molecule is CCCCC12CCCC1c1ccccc1S2. The zero-order valence-corrected chi connectivity index (χ0v) is 10.9. The van der Waals surface area contributed by atoms with Crippen LogP contribution < -0.4 is 0 Å². The Morgan fingerprint density at radius 2 is 2.25 bits per heavy atom. The van der Waals surface area contributed by atoms with Gasteiger partial charge in [0.1, 0.15) is 0 Å². The first-order valence-corrected chi connectivity index (χ1v) is 7.45. The van der Waals surface area contributed by atoms with Crippen LogP contribution >= 0.6 is 11.8 Å². The molecular weight excluding hydrogens is 212 g/mol. The molecule has 0 nitrogen and oxygen atoms in total. The molecule has 0 saturated heterocycles. The van der Waals surface area contributed by atoms with Crippen LogP contribution in [-0.4, -0.2) is 4.75 Å². The standard InChI is InChI=1S/C15H20S/c1-2-3-10-15-11-6-8-13(15)12-7-4-5-9-14(12)16-15/h4-5,7,9,13H,2-3,6,8,10-11H2,1H3. The van der Waals surface area contributed by atoms with Crippen LogP contribution in [0.15, 0.2) is 29.2 Å². The molecule has 1 aliphatic heterocycles. The first-order valence-electron chi connectivity index (χ1n) is 6.64. The van der Waals surface area contributed by atoms with E-state index in [0.717, 1.165) is 5.92 Å². The third-order valence-corrected chi connectivity index (χ3v) is 5.98. The summed E-state index contributed by atoms with van der Waals surface area (Å²) in [6.07, 6.45) is 8.47. The highest BCUT2D eigenvalue weighted by molar-refractivity contribution is 8.01. The van der Waals surface area contributed by atoms with Crippen LogP contribution in [0.5, 0.6) is 0 Å². The normalized spacial score (nSPS) is 31.4. The Morgan fingerprint density at radius 1 is 1.38 bits per heavy atom. The van der Waals surface area contributed by atoms with Crippen molar-refractivity contribution >= 4 is 11.8 Å². The van der Waals surface area contributed by atoms with Gasteiger partial charge in [-0.05, 0) is 30.9 Å². The molecule has 0 amide bonds. The van der Waals surface area contributed by atoms with E-state index in [-0.39, 0.29) is 0 Å². The second kappa shape index (κ2) is 4.10. The predicted molar refractivity (Wildman–Crippen MR) is 71.1 cm³/mol. The average Bonchev–Trinajstić information content (AvgIpc) is 2.82. The molecule has 0 radical (unpaired) electrons. The van der Waals surface area contributed by atoms with Crippen molar-refractivity contribution in [3.63, 3.8) is 0 Å². The van der Waals surface area contributed by atoms with Crippen molar-refractivity contribution in [2.45, 2.75) is 61.0 Å². The number of hydrogen-bond donors (Lipinski definition) is 0. The minimum Gasteiger partial charge on any atom is -0.118 e. The van der Waals surface area contributed by atoms with Gasteiger partial charge in [0.05, 0.1) is 0 Å². The third-order valence-electron chi connectivity index (χ3n) is 4.29. The van der Waals surface area contributed by atoms with E-state index in [9.17, 15) is 0 Å². The molecule has 0 spiro atoms. The van der Waals surface area contributed by atoms with Crippen LogP contribution in [0.1, 0.15) is 56.9 Å². The molecule has 0 aromatic heterocycles. The molecule has 1 fully saturated rings. The Kier molecular flexibility index (Phi) is 2.75. The average molecular weight is 232 g/mol. The molecule has 1 aromatic rings. The first kappa shape index (κ1) is 10.7. The zero-order valence-electron chi connectivity index (χ0n) is 10.0. The monoisotopic (exact) mass is 232 g/mol. The quantitative estimate of drug-likeness (QED) is 0.707. The molecule has 86 valence electrons. The molecule has 1 aliphatic carbocycles. The maximum Gasteiger partial charge on any atom is 0.0276 e. The van der Waals surface area contributed by atoms with Crippen molar-refractivity contribution in [3.05, 3.63) is 29.8 Å². The Bertz CT molecular complexity index is 385. The predicted octanol–water partition coefficient (Wildman–Crippen LogP) is 4.99. The molecule has 1 heterocycles. The highest BCUT2D eigenvalue weighted by Crippen LogP contribution is 2.62. The summed E-state index contributed by atoms with van der Waals surface area (Å²) in [5.74, 6) is 0.861. The van der Waals surface area contributed by atoms with E-state index in [0.29, 0.717) is 4.75 Å². The zero-order chi connectivity index (χ0) is 11.0. The van der Waals surface area contributed by atoms with E-state index < -0.39 is 0 Å². The molecule has 1 heteroatoms. The third kappa shape index (κ3) is 1.52. The van der Waals surface area contributed by atoms with Crippen molar-refractivity contribution in [1.29, 1.82) is 0 Å². The summed E-state index contributed by atoms with van der Waals surface area (Å²) in [5, 5.41) is 0. The van der Waals surface area contributed by atoms with E-state index in [4.69, 9.17) is 0 Å². The molecule has 3 rings (SSSR count). The number of fused-ring (bicyclic) bond motifs is 3. The maximum absolute atomic E-state index is 2.37. The molecule has 2 unspecified atom stereocenters. The van der Waals surface area contributed by atoms with Gasteiger partial charge in [0.2, 0.25) is 0 Å². The van der Waals surface area contributed by atoms with Gasteiger partial charge in [-0.15, -0.1) is 11.8 Å². The van der Waals surface area contributed by atoms with Gasteiger partial charge in [0, 0.05) is 15.6 Å². The van der Waals surface area contributed by atoms with E-state index in [1.807, 2.05) is 0 Å². The van der Waals surface area contributed by atoms with Crippen LogP contribution in [0.4, 0.5) is 0 Å². The summed E-state index contributed by atoms with van der Waals surface area (Å²) in [5.41, 5.74) is 1.65. The van der Waals surface area contributed by atoms with Gasteiger partial charge < -0.3 is 0 Å². The molecular formula is C15H20S. The van der Waals surface area contributed by atoms with Gasteiger partial charge in [-0.1, -0.05) is 44.4 Å². The summed E-state index contributed by atoms with van der Waals surface area (Å²) < 4.78 is 0.583. The minimum atomic E-state index is 0.583. The first-order chi connectivity index (χ1) is 7.86. The number of rotatable bonds is 3. The van der Waals surface area contributed by atoms with Crippen LogP contribution in [0.3, 0.4) is 0 Å². The molecule has 2 atom stereocenters. The summed E-state index contributed by atoms with van der Waals surface area (Å²) in [4.78, 5) is 1.57. The van der Waals surface area contributed by atoms with Gasteiger partial charge in [-0.2, -0.15) is 0 Å². The van der Waals surface area contributed by atoms with E-state index in [2.05, 4.69) is 43.0 Å². The summed E-state index contributed by atoms with van der Waals surface area (Å²) in [6.45, 7) is 2.31. The van der Waals surface area contributed by atoms with Gasteiger partial charge in [-0.3, -0.25) is 0 Å². The Labute approximate surface area is 103 Å². The van der Waals surface area contributed by atoms with Gasteiger partial charge in [0.15, 0.2) is 0 Å². The molecule has 1 saturated carbocycles. The Hall–Kier alpha value is -0.430. The van der Waals surface area contributed by atoms with Crippen LogP contribution in [0.25, 0.3) is 0 Å². The molecule has 16 heavy (non-hydrogen) atoms. The highest BCUT2D eigenvalue weighted by atomic mass is 32.2. The lowest BCUT2D eigenvalue weighted by Crippen LogP contribution is -2.23. The lowest BCUT2D eigenvalue weighted by Gasteiger charge is -2.28. The maximum atomic E-state index is 2.37. The Morgan fingerprint density at radius 3 is 3.12 bits per heavy atom. The molecule has 0 N–H and O–H groups in total. The van der Waals surface area contributed by atoms with E-state index in [1.165, 1.54) is 38.5 Å². The Balaban J connectivity index is 1.92. The van der Waals surface area contributed by atoms with Gasteiger partial charge in [-0.25, -0.2) is 0 Å². The van der Waals surface area contributed by atoms with Crippen LogP contribution in [0, 0.1) is 0 Å². The fraction of sp³-hybridized carbons (Fsp3) is 0.600. The summed E-state index contributed by atoms with van der Waals surface area (Å²) in [7, 11) is 0. The lowest BCUT2D eigenvalue weighted by molar-refractivity contribution is 0.489. The van der Waals surface area contributed by atoms with Crippen molar-refractivity contribution in [2.24, 2.45) is 0 Å². The highest BCUT2D eigenvalue weighted by Gasteiger charge is 2.48.